The number of anilines is 1. The largest absolute Gasteiger partial charge is 0.760 e. The number of hydrogen-bond donors (Lipinski definition) is 3. The van der Waals surface area contributed by atoms with Gasteiger partial charge in [0, 0.05) is 17.0 Å². The minimum atomic E-state index is -2.36. The van der Waals surface area contributed by atoms with Gasteiger partial charge in [0.2, 0.25) is 0 Å². The van der Waals surface area contributed by atoms with Crippen molar-refractivity contribution in [3.63, 3.8) is 0 Å². The second-order valence-corrected chi connectivity index (χ2v) is 3.44. The first-order valence-electron chi connectivity index (χ1n) is 4.84. The van der Waals surface area contributed by atoms with Crippen molar-refractivity contribution in [2.75, 3.05) is 5.43 Å². The second-order valence-electron chi connectivity index (χ2n) is 2.91. The number of aromatic nitrogens is 1. The number of nitrogens with one attached hydrogen (secondary N) is 1. The highest BCUT2D eigenvalue weighted by molar-refractivity contribution is 7.76. The lowest BCUT2D eigenvalue weighted by atomic mass is 10.1. The monoisotopic (exact) mass is 245 g/mol. The van der Waals surface area contributed by atoms with Crippen LogP contribution in [0, 0.1) is 0 Å². The number of hydrogen-bond acceptors (Lipinski definition) is 5. The summed E-state index contributed by atoms with van der Waals surface area (Å²) < 4.78 is 17.6. The van der Waals surface area contributed by atoms with Gasteiger partial charge in [-0.2, -0.15) is 0 Å². The second kappa shape index (κ2) is 8.17. The first-order chi connectivity index (χ1) is 7.54. The summed E-state index contributed by atoms with van der Waals surface area (Å²) >= 11 is -2.36. The van der Waals surface area contributed by atoms with Gasteiger partial charge in [-0.05, 0) is 24.5 Å². The van der Waals surface area contributed by atoms with Gasteiger partial charge in [0.05, 0.1) is 0 Å². The average molecular weight is 245 g/mol. The number of hydrazine groups is 1. The van der Waals surface area contributed by atoms with Crippen LogP contribution in [0.25, 0.3) is 0 Å². The van der Waals surface area contributed by atoms with E-state index >= 15 is 0 Å². The van der Waals surface area contributed by atoms with E-state index in [1.807, 2.05) is 6.07 Å². The summed E-state index contributed by atoms with van der Waals surface area (Å²) in [6, 6.07) is 3.97. The van der Waals surface area contributed by atoms with Crippen LogP contribution in [0.1, 0.15) is 25.1 Å². The molecule has 0 radical (unpaired) electrons. The Labute approximate surface area is 97.8 Å². The molecule has 0 aliphatic heterocycles. The molecule has 0 saturated carbocycles. The smallest absolute Gasteiger partial charge is 0.140 e. The van der Waals surface area contributed by atoms with E-state index in [0.29, 0.717) is 0 Å². The Hall–Kier alpha value is -1.02. The predicted molar refractivity (Wildman–Crippen MR) is 63.9 cm³/mol. The SMILES string of the molecule is CCc1ccc(NN)nc1CC.NS(=O)[O-]. The molecule has 0 aromatic carbocycles. The molecule has 0 saturated heterocycles. The number of nitrogens with two attached hydrogens (primary N) is 2. The Bertz CT molecular complexity index is 342. The molecule has 1 heterocycles. The Kier molecular flexibility index (Phi) is 7.65. The molecule has 1 rings (SSSR count). The van der Waals surface area contributed by atoms with E-state index in [0.717, 1.165) is 24.4 Å². The van der Waals surface area contributed by atoms with Crippen LogP contribution in [-0.2, 0) is 24.1 Å². The van der Waals surface area contributed by atoms with Crippen LogP contribution in [0.3, 0.4) is 0 Å². The van der Waals surface area contributed by atoms with E-state index < -0.39 is 11.3 Å². The van der Waals surface area contributed by atoms with Crippen molar-refractivity contribution < 1.29 is 8.76 Å². The molecule has 0 spiro atoms. The van der Waals surface area contributed by atoms with Gasteiger partial charge in [-0.1, -0.05) is 19.9 Å². The maximum atomic E-state index is 8.78. The first kappa shape index (κ1) is 15.0. The molecular weight excluding hydrogens is 228 g/mol. The zero-order valence-electron chi connectivity index (χ0n) is 9.40. The topological polar surface area (TPSA) is 117 Å². The summed E-state index contributed by atoms with van der Waals surface area (Å²) in [5.41, 5.74) is 4.98. The van der Waals surface area contributed by atoms with Gasteiger partial charge in [-0.3, -0.25) is 9.35 Å². The van der Waals surface area contributed by atoms with Gasteiger partial charge in [0.15, 0.2) is 0 Å². The zero-order chi connectivity index (χ0) is 12.6. The summed E-state index contributed by atoms with van der Waals surface area (Å²) in [4.78, 5) is 4.34. The fraction of sp³-hybridized carbons (Fsp3) is 0.444. The van der Waals surface area contributed by atoms with Crippen LogP contribution >= 0.6 is 0 Å². The third-order valence-electron chi connectivity index (χ3n) is 1.93. The van der Waals surface area contributed by atoms with Crippen molar-refractivity contribution in [1.82, 2.24) is 4.98 Å². The van der Waals surface area contributed by atoms with E-state index in [9.17, 15) is 0 Å². The molecule has 5 N–H and O–H groups in total. The zero-order valence-corrected chi connectivity index (χ0v) is 10.2. The number of nitrogens with zero attached hydrogens (tertiary/aromatic N) is 1. The van der Waals surface area contributed by atoms with E-state index in [4.69, 9.17) is 14.6 Å². The Morgan fingerprint density at radius 2 is 2.00 bits per heavy atom. The fourth-order valence-corrected chi connectivity index (χ4v) is 1.24. The molecule has 0 aliphatic rings. The molecule has 92 valence electrons. The van der Waals surface area contributed by atoms with Crippen molar-refractivity contribution >= 4 is 17.1 Å². The molecule has 6 nitrogen and oxygen atoms in total. The van der Waals surface area contributed by atoms with E-state index in [1.165, 1.54) is 5.56 Å². The lowest BCUT2D eigenvalue weighted by molar-refractivity contribution is 0.539. The van der Waals surface area contributed by atoms with Crippen molar-refractivity contribution in [2.45, 2.75) is 26.7 Å². The minimum absolute atomic E-state index is 0.740. The van der Waals surface area contributed by atoms with Crippen LogP contribution in [0.4, 0.5) is 5.82 Å². The fourth-order valence-electron chi connectivity index (χ4n) is 1.24. The van der Waals surface area contributed by atoms with Gasteiger partial charge in [0.25, 0.3) is 0 Å². The highest BCUT2D eigenvalue weighted by Gasteiger charge is 2.00. The van der Waals surface area contributed by atoms with Crippen molar-refractivity contribution in [2.24, 2.45) is 11.0 Å². The molecule has 0 fully saturated rings. The molecule has 1 aromatic rings. The molecule has 16 heavy (non-hydrogen) atoms. The summed E-state index contributed by atoms with van der Waals surface area (Å²) in [7, 11) is 0. The maximum Gasteiger partial charge on any atom is 0.140 e. The highest BCUT2D eigenvalue weighted by Crippen LogP contribution is 2.11. The summed E-state index contributed by atoms with van der Waals surface area (Å²) in [5.74, 6) is 5.99. The average Bonchev–Trinajstić information content (AvgIpc) is 2.27. The number of nitrogen functional groups attached to an aromatic ring is 1. The maximum absolute atomic E-state index is 8.78. The molecule has 7 heteroatoms. The van der Waals surface area contributed by atoms with Gasteiger partial charge in [-0.25, -0.2) is 10.8 Å². The quantitative estimate of drug-likeness (QED) is 0.400. The van der Waals surface area contributed by atoms with E-state index in [-0.39, 0.29) is 0 Å². The molecule has 1 atom stereocenters. The number of pyridine rings is 1. The van der Waals surface area contributed by atoms with Crippen LogP contribution < -0.4 is 16.4 Å². The Balaban J connectivity index is 0.000000487. The highest BCUT2D eigenvalue weighted by atomic mass is 32.2. The lowest BCUT2D eigenvalue weighted by Gasteiger charge is -2.06. The molecule has 0 aliphatic carbocycles. The first-order valence-corrected chi connectivity index (χ1v) is 5.97. The summed E-state index contributed by atoms with van der Waals surface area (Å²) in [5, 5.41) is 4.03. The van der Waals surface area contributed by atoms with E-state index in [2.05, 4.69) is 35.5 Å². The van der Waals surface area contributed by atoms with Gasteiger partial charge in [-0.15, -0.1) is 0 Å². The third-order valence-corrected chi connectivity index (χ3v) is 1.93. The molecule has 1 aromatic heterocycles. The van der Waals surface area contributed by atoms with Gasteiger partial charge in [0.1, 0.15) is 5.82 Å². The molecule has 1 unspecified atom stereocenters. The van der Waals surface area contributed by atoms with Crippen molar-refractivity contribution in [1.29, 1.82) is 0 Å². The molecular formula is C9H17N4O2S-. The molecule has 0 bridgehead atoms. The standard InChI is InChI=1S/C9H15N3.H3NO2S/c1-3-7-5-6-9(12-10)11-8(7)4-2;1-4(2)3/h5-6H,3-4,10H2,1-2H3,(H,11,12);1H2,(H,2,3)/p-1. The minimum Gasteiger partial charge on any atom is -0.760 e. The van der Waals surface area contributed by atoms with Crippen molar-refractivity contribution in [3.05, 3.63) is 23.4 Å². The van der Waals surface area contributed by atoms with Crippen LogP contribution in [0.2, 0.25) is 0 Å². The van der Waals surface area contributed by atoms with Gasteiger partial charge >= 0.3 is 0 Å². The third kappa shape index (κ3) is 5.76. The Morgan fingerprint density at radius 3 is 2.38 bits per heavy atom. The summed E-state index contributed by atoms with van der Waals surface area (Å²) in [6.07, 6.45) is 1.99. The van der Waals surface area contributed by atoms with Crippen LogP contribution in [0.5, 0.6) is 0 Å². The van der Waals surface area contributed by atoms with E-state index in [1.54, 1.807) is 0 Å². The number of rotatable bonds is 3. The summed E-state index contributed by atoms with van der Waals surface area (Å²) in [6.45, 7) is 4.23. The van der Waals surface area contributed by atoms with Gasteiger partial charge < -0.3 is 9.98 Å². The Morgan fingerprint density at radius 1 is 1.44 bits per heavy atom. The lowest BCUT2D eigenvalue weighted by Crippen LogP contribution is -2.10. The van der Waals surface area contributed by atoms with Crippen LogP contribution in [-0.4, -0.2) is 13.7 Å². The number of aryl methyl sites for hydroxylation is 2. The molecule has 0 amide bonds. The normalized spacial score (nSPS) is 11.3. The van der Waals surface area contributed by atoms with Crippen molar-refractivity contribution in [3.8, 4) is 0 Å². The predicted octanol–water partition coefficient (Wildman–Crippen LogP) is 0.231. The van der Waals surface area contributed by atoms with Crippen LogP contribution in [0.15, 0.2) is 12.1 Å².